The first-order valence-corrected chi connectivity index (χ1v) is 2.94. The van der Waals surface area contributed by atoms with Gasteiger partial charge in [0.25, 0.3) is 0 Å². The van der Waals surface area contributed by atoms with E-state index in [-0.39, 0.29) is 6.61 Å². The summed E-state index contributed by atoms with van der Waals surface area (Å²) < 4.78 is 0. The minimum atomic E-state index is 0.146. The van der Waals surface area contributed by atoms with Crippen LogP contribution >= 0.6 is 0 Å². The summed E-state index contributed by atoms with van der Waals surface area (Å²) in [4.78, 5) is 3.93. The van der Waals surface area contributed by atoms with Gasteiger partial charge in [0.05, 0.1) is 0 Å². The van der Waals surface area contributed by atoms with Crippen LogP contribution in [0.3, 0.4) is 0 Å². The summed E-state index contributed by atoms with van der Waals surface area (Å²) in [7, 11) is 0. The molecule has 54 valence electrons. The summed E-state index contributed by atoms with van der Waals surface area (Å²) in [6, 6.07) is 7.22. The van der Waals surface area contributed by atoms with Gasteiger partial charge in [0, 0.05) is 11.3 Å². The minimum absolute atomic E-state index is 0.146. The van der Waals surface area contributed by atoms with E-state index in [1.807, 2.05) is 12.1 Å². The van der Waals surface area contributed by atoms with Crippen molar-refractivity contribution >= 4 is 5.69 Å². The molecule has 0 spiro atoms. The summed E-state index contributed by atoms with van der Waals surface area (Å²) in [5, 5.41) is 8.09. The van der Waals surface area contributed by atoms with Crippen LogP contribution in [-0.4, -0.2) is 5.26 Å². The molecule has 0 aliphatic rings. The van der Waals surface area contributed by atoms with E-state index in [0.29, 0.717) is 5.69 Å². The number of anilines is 1. The lowest BCUT2D eigenvalue weighted by atomic mass is 10.2. The molecule has 1 rings (SSSR count). The topological polar surface area (TPSA) is 55.5 Å². The van der Waals surface area contributed by atoms with Crippen LogP contribution in [0.2, 0.25) is 0 Å². The summed E-state index contributed by atoms with van der Waals surface area (Å²) >= 11 is 0. The molecule has 0 fully saturated rings. The molecule has 0 amide bonds. The predicted octanol–water partition coefficient (Wildman–Crippen LogP) is 1.26. The molecule has 0 radical (unpaired) electrons. The van der Waals surface area contributed by atoms with E-state index in [0.717, 1.165) is 5.56 Å². The van der Waals surface area contributed by atoms with Crippen molar-refractivity contribution in [3.8, 4) is 0 Å². The minimum Gasteiger partial charge on any atom is -0.398 e. The third-order valence-corrected chi connectivity index (χ3v) is 1.28. The van der Waals surface area contributed by atoms with Gasteiger partial charge in [-0.3, -0.25) is 5.26 Å². The number of hydrogen-bond donors (Lipinski definition) is 2. The van der Waals surface area contributed by atoms with Crippen LogP contribution in [0.1, 0.15) is 5.56 Å². The highest BCUT2D eigenvalue weighted by molar-refractivity contribution is 5.45. The van der Waals surface area contributed by atoms with E-state index in [1.54, 1.807) is 12.1 Å². The Kier molecular flexibility index (Phi) is 2.25. The average molecular weight is 139 g/mol. The van der Waals surface area contributed by atoms with Crippen molar-refractivity contribution in [2.45, 2.75) is 6.61 Å². The van der Waals surface area contributed by atoms with Crippen LogP contribution in [0, 0.1) is 0 Å². The van der Waals surface area contributed by atoms with E-state index in [4.69, 9.17) is 11.0 Å². The van der Waals surface area contributed by atoms with Gasteiger partial charge < -0.3 is 5.73 Å². The first-order valence-electron chi connectivity index (χ1n) is 2.94. The van der Waals surface area contributed by atoms with Gasteiger partial charge in [0.1, 0.15) is 6.61 Å². The van der Waals surface area contributed by atoms with Crippen LogP contribution in [-0.2, 0) is 11.5 Å². The molecule has 0 heterocycles. The monoisotopic (exact) mass is 139 g/mol. The molecule has 1 aromatic rings. The quantitative estimate of drug-likeness (QED) is 0.368. The molecule has 0 aliphatic carbocycles. The van der Waals surface area contributed by atoms with Gasteiger partial charge in [-0.1, -0.05) is 18.2 Å². The molecule has 0 aromatic heterocycles. The van der Waals surface area contributed by atoms with Gasteiger partial charge in [-0.05, 0) is 6.07 Å². The summed E-state index contributed by atoms with van der Waals surface area (Å²) in [5.74, 6) is 0. The molecule has 10 heavy (non-hydrogen) atoms. The van der Waals surface area contributed by atoms with Gasteiger partial charge in [-0.15, -0.1) is 0 Å². The van der Waals surface area contributed by atoms with Crippen LogP contribution in [0.15, 0.2) is 24.3 Å². The van der Waals surface area contributed by atoms with Gasteiger partial charge in [-0.25, -0.2) is 4.89 Å². The average Bonchev–Trinajstić information content (AvgIpc) is 1.94. The molecule has 1 aromatic carbocycles. The highest BCUT2D eigenvalue weighted by atomic mass is 17.1. The van der Waals surface area contributed by atoms with Crippen molar-refractivity contribution in [3.05, 3.63) is 29.8 Å². The maximum Gasteiger partial charge on any atom is 0.109 e. The second-order valence-corrected chi connectivity index (χ2v) is 1.97. The van der Waals surface area contributed by atoms with E-state index in [1.165, 1.54) is 0 Å². The number of nitrogen functional groups attached to an aromatic ring is 1. The lowest BCUT2D eigenvalue weighted by molar-refractivity contribution is -0.252. The molecule has 0 atom stereocenters. The van der Waals surface area contributed by atoms with Crippen LogP contribution in [0.4, 0.5) is 5.69 Å². The largest absolute Gasteiger partial charge is 0.398 e. The molecule has 0 aliphatic heterocycles. The molecule has 0 saturated carbocycles. The molecule has 0 saturated heterocycles. The Balaban J connectivity index is 2.81. The highest BCUT2D eigenvalue weighted by Crippen LogP contribution is 2.10. The van der Waals surface area contributed by atoms with E-state index in [2.05, 4.69) is 4.89 Å². The third-order valence-electron chi connectivity index (χ3n) is 1.28. The number of rotatable bonds is 2. The second kappa shape index (κ2) is 3.20. The molecule has 3 N–H and O–H groups in total. The molecule has 3 nitrogen and oxygen atoms in total. The lowest BCUT2D eigenvalue weighted by Gasteiger charge is -2.00. The van der Waals surface area contributed by atoms with Gasteiger partial charge in [0.2, 0.25) is 0 Å². The summed E-state index contributed by atoms with van der Waals surface area (Å²) in [6.07, 6.45) is 0. The smallest absolute Gasteiger partial charge is 0.109 e. The Morgan fingerprint density at radius 1 is 1.40 bits per heavy atom. The fourth-order valence-electron chi connectivity index (χ4n) is 0.735. The third kappa shape index (κ3) is 1.46. The van der Waals surface area contributed by atoms with Crippen molar-refractivity contribution in [2.24, 2.45) is 0 Å². The number of benzene rings is 1. The maximum atomic E-state index is 8.09. The molecule has 0 bridgehead atoms. The SMILES string of the molecule is Nc1ccccc1COO. The normalized spacial score (nSPS) is 9.70. The first-order chi connectivity index (χ1) is 4.84. The summed E-state index contributed by atoms with van der Waals surface area (Å²) in [6.45, 7) is 0.146. The van der Waals surface area contributed by atoms with Crippen LogP contribution < -0.4 is 5.73 Å². The predicted molar refractivity (Wildman–Crippen MR) is 38.3 cm³/mol. The Labute approximate surface area is 59.0 Å². The van der Waals surface area contributed by atoms with E-state index < -0.39 is 0 Å². The van der Waals surface area contributed by atoms with Gasteiger partial charge in [0.15, 0.2) is 0 Å². The number of hydrogen-bond acceptors (Lipinski definition) is 3. The van der Waals surface area contributed by atoms with Gasteiger partial charge >= 0.3 is 0 Å². The number of nitrogens with two attached hydrogens (primary N) is 1. The first kappa shape index (κ1) is 7.05. The molecule has 0 unspecified atom stereocenters. The Bertz CT molecular complexity index is 213. The second-order valence-electron chi connectivity index (χ2n) is 1.97. The van der Waals surface area contributed by atoms with Gasteiger partial charge in [-0.2, -0.15) is 0 Å². The fraction of sp³-hybridized carbons (Fsp3) is 0.143. The fourth-order valence-corrected chi connectivity index (χ4v) is 0.735. The molecular weight excluding hydrogens is 130 g/mol. The van der Waals surface area contributed by atoms with Crippen molar-refractivity contribution in [2.75, 3.05) is 5.73 Å². The van der Waals surface area contributed by atoms with Crippen molar-refractivity contribution < 1.29 is 10.1 Å². The van der Waals surface area contributed by atoms with E-state index >= 15 is 0 Å². The Morgan fingerprint density at radius 2 is 2.10 bits per heavy atom. The van der Waals surface area contributed by atoms with Crippen LogP contribution in [0.25, 0.3) is 0 Å². The standard InChI is InChI=1S/C7H9NO2/c8-7-4-2-1-3-6(7)5-10-9/h1-4,9H,5,8H2. The summed E-state index contributed by atoms with van der Waals surface area (Å²) in [5.41, 5.74) is 6.95. The Hall–Kier alpha value is -1.06. The van der Waals surface area contributed by atoms with Crippen molar-refractivity contribution in [1.29, 1.82) is 0 Å². The van der Waals surface area contributed by atoms with Crippen molar-refractivity contribution in [1.82, 2.24) is 0 Å². The molecular formula is C7H9NO2. The van der Waals surface area contributed by atoms with E-state index in [9.17, 15) is 0 Å². The van der Waals surface area contributed by atoms with Crippen LogP contribution in [0.5, 0.6) is 0 Å². The molecule has 3 heteroatoms. The lowest BCUT2D eigenvalue weighted by Crippen LogP contribution is -1.94. The van der Waals surface area contributed by atoms with Crippen molar-refractivity contribution in [3.63, 3.8) is 0 Å². The number of para-hydroxylation sites is 1. The zero-order chi connectivity index (χ0) is 7.40. The Morgan fingerprint density at radius 3 is 2.70 bits per heavy atom. The zero-order valence-corrected chi connectivity index (χ0v) is 5.45. The zero-order valence-electron chi connectivity index (χ0n) is 5.45. The maximum absolute atomic E-state index is 8.09. The highest BCUT2D eigenvalue weighted by Gasteiger charge is 1.94.